The van der Waals surface area contributed by atoms with Gasteiger partial charge in [0, 0.05) is 17.9 Å². The van der Waals surface area contributed by atoms with E-state index in [0.717, 1.165) is 5.75 Å². The smallest absolute Gasteiger partial charge is 0.251 e. The van der Waals surface area contributed by atoms with Crippen LogP contribution in [-0.4, -0.2) is 24.0 Å². The summed E-state index contributed by atoms with van der Waals surface area (Å²) in [6, 6.07) is 3.90. The molecule has 90 valence electrons. The van der Waals surface area contributed by atoms with Gasteiger partial charge in [0.25, 0.3) is 5.91 Å². The van der Waals surface area contributed by atoms with Crippen LogP contribution in [0.3, 0.4) is 0 Å². The van der Waals surface area contributed by atoms with E-state index in [-0.39, 0.29) is 11.6 Å². The van der Waals surface area contributed by atoms with Gasteiger partial charge < -0.3 is 11.1 Å². The molecule has 3 N–H and O–H groups in total. The molecule has 0 aliphatic heterocycles. The van der Waals surface area contributed by atoms with Gasteiger partial charge in [0.1, 0.15) is 5.82 Å². The normalized spacial score (nSPS) is 9.65. The summed E-state index contributed by atoms with van der Waals surface area (Å²) in [4.78, 5) is 11.6. The van der Waals surface area contributed by atoms with Crippen molar-refractivity contribution in [3.05, 3.63) is 29.6 Å². The van der Waals surface area contributed by atoms with Gasteiger partial charge in [-0.25, -0.2) is 4.39 Å². The SMILES string of the molecule is C#CCSCCNC(=O)c1ccc(F)c(N)c1. The second-order valence-electron chi connectivity index (χ2n) is 3.25. The summed E-state index contributed by atoms with van der Waals surface area (Å²) in [5, 5.41) is 2.70. The zero-order valence-corrected chi connectivity index (χ0v) is 10.0. The first kappa shape index (κ1) is 13.4. The lowest BCUT2D eigenvalue weighted by atomic mass is 10.2. The number of nitrogen functional groups attached to an aromatic ring is 1. The first-order valence-electron chi connectivity index (χ1n) is 4.99. The highest BCUT2D eigenvalue weighted by atomic mass is 32.2. The van der Waals surface area contributed by atoms with Crippen molar-refractivity contribution in [2.45, 2.75) is 0 Å². The van der Waals surface area contributed by atoms with E-state index >= 15 is 0 Å². The van der Waals surface area contributed by atoms with Crippen molar-refractivity contribution in [2.75, 3.05) is 23.8 Å². The molecule has 0 spiro atoms. The van der Waals surface area contributed by atoms with Crippen molar-refractivity contribution in [1.29, 1.82) is 0 Å². The second-order valence-corrected chi connectivity index (χ2v) is 4.35. The van der Waals surface area contributed by atoms with Crippen molar-refractivity contribution in [2.24, 2.45) is 0 Å². The molecule has 1 aromatic carbocycles. The Kier molecular flexibility index (Phi) is 5.37. The van der Waals surface area contributed by atoms with Crippen LogP contribution in [0.1, 0.15) is 10.4 Å². The van der Waals surface area contributed by atoms with Gasteiger partial charge in [-0.1, -0.05) is 5.92 Å². The fourth-order valence-electron chi connectivity index (χ4n) is 1.15. The van der Waals surface area contributed by atoms with Crippen LogP contribution in [-0.2, 0) is 0 Å². The van der Waals surface area contributed by atoms with Crippen LogP contribution in [0.25, 0.3) is 0 Å². The van der Waals surface area contributed by atoms with Crippen LogP contribution in [0.5, 0.6) is 0 Å². The van der Waals surface area contributed by atoms with Gasteiger partial charge in [0.05, 0.1) is 11.4 Å². The summed E-state index contributed by atoms with van der Waals surface area (Å²) in [6.45, 7) is 0.516. The number of terminal acetylenes is 1. The molecular formula is C12H13FN2OS. The molecule has 0 unspecified atom stereocenters. The van der Waals surface area contributed by atoms with Gasteiger partial charge in [-0.05, 0) is 18.2 Å². The number of benzene rings is 1. The van der Waals surface area contributed by atoms with E-state index in [0.29, 0.717) is 17.9 Å². The van der Waals surface area contributed by atoms with Crippen LogP contribution >= 0.6 is 11.8 Å². The first-order chi connectivity index (χ1) is 8.15. The molecule has 5 heteroatoms. The van der Waals surface area contributed by atoms with Crippen LogP contribution < -0.4 is 11.1 Å². The number of hydrogen-bond donors (Lipinski definition) is 2. The van der Waals surface area contributed by atoms with E-state index in [9.17, 15) is 9.18 Å². The van der Waals surface area contributed by atoms with Gasteiger partial charge in [0.15, 0.2) is 0 Å². The fraction of sp³-hybridized carbons (Fsp3) is 0.250. The Morgan fingerprint density at radius 3 is 3.00 bits per heavy atom. The molecule has 0 saturated carbocycles. The number of anilines is 1. The minimum Gasteiger partial charge on any atom is -0.396 e. The minimum absolute atomic E-state index is 0.0284. The molecule has 0 saturated heterocycles. The predicted molar refractivity (Wildman–Crippen MR) is 69.3 cm³/mol. The Labute approximate surface area is 104 Å². The van der Waals surface area contributed by atoms with Crippen LogP contribution in [0, 0.1) is 18.2 Å². The largest absolute Gasteiger partial charge is 0.396 e. The lowest BCUT2D eigenvalue weighted by Gasteiger charge is -2.05. The number of thioether (sulfide) groups is 1. The summed E-state index contributed by atoms with van der Waals surface area (Å²) in [5.41, 5.74) is 5.70. The molecule has 0 bridgehead atoms. The third kappa shape index (κ3) is 4.37. The van der Waals surface area contributed by atoms with Crippen molar-refractivity contribution in [1.82, 2.24) is 5.32 Å². The number of carbonyl (C=O) groups is 1. The number of nitrogens with two attached hydrogens (primary N) is 1. The van der Waals surface area contributed by atoms with Crippen molar-refractivity contribution < 1.29 is 9.18 Å². The first-order valence-corrected chi connectivity index (χ1v) is 6.15. The summed E-state index contributed by atoms with van der Waals surface area (Å²) >= 11 is 1.56. The standard InChI is InChI=1S/C12H13FN2OS/c1-2-6-17-7-5-15-12(16)9-3-4-10(13)11(14)8-9/h1,3-4,8H,5-7,14H2,(H,15,16). The molecule has 3 nitrogen and oxygen atoms in total. The van der Waals surface area contributed by atoms with Crippen LogP contribution in [0.15, 0.2) is 18.2 Å². The third-order valence-corrected chi connectivity index (χ3v) is 2.84. The van der Waals surface area contributed by atoms with Crippen molar-refractivity contribution in [3.8, 4) is 12.3 Å². The summed E-state index contributed by atoms with van der Waals surface area (Å²) in [7, 11) is 0. The molecule has 0 aliphatic carbocycles. The number of carbonyl (C=O) groups excluding carboxylic acids is 1. The zero-order chi connectivity index (χ0) is 12.7. The summed E-state index contributed by atoms with van der Waals surface area (Å²) in [5.74, 6) is 3.07. The van der Waals surface area contributed by atoms with Gasteiger partial charge in [-0.3, -0.25) is 4.79 Å². The summed E-state index contributed by atoms with van der Waals surface area (Å²) < 4.78 is 12.9. The topological polar surface area (TPSA) is 55.1 Å². The highest BCUT2D eigenvalue weighted by Gasteiger charge is 2.07. The van der Waals surface area contributed by atoms with Crippen LogP contribution in [0.2, 0.25) is 0 Å². The maximum absolute atomic E-state index is 12.9. The molecule has 0 aliphatic rings. The quantitative estimate of drug-likeness (QED) is 0.474. The number of rotatable bonds is 5. The van der Waals surface area contributed by atoms with Crippen molar-refractivity contribution >= 4 is 23.4 Å². The molecule has 1 aromatic rings. The highest BCUT2D eigenvalue weighted by Crippen LogP contribution is 2.11. The zero-order valence-electron chi connectivity index (χ0n) is 9.20. The maximum Gasteiger partial charge on any atom is 0.251 e. The Morgan fingerprint density at radius 2 is 2.35 bits per heavy atom. The molecular weight excluding hydrogens is 239 g/mol. The second kappa shape index (κ2) is 6.81. The minimum atomic E-state index is -0.522. The Morgan fingerprint density at radius 1 is 1.59 bits per heavy atom. The Bertz CT molecular complexity index is 443. The van der Waals surface area contributed by atoms with Gasteiger partial charge in [-0.15, -0.1) is 18.2 Å². The van der Waals surface area contributed by atoms with E-state index in [4.69, 9.17) is 12.2 Å². The third-order valence-electron chi connectivity index (χ3n) is 1.98. The Balaban J connectivity index is 2.42. The summed E-state index contributed by atoms with van der Waals surface area (Å²) in [6.07, 6.45) is 5.08. The van der Waals surface area contributed by atoms with E-state index < -0.39 is 5.82 Å². The van der Waals surface area contributed by atoms with Gasteiger partial charge in [-0.2, -0.15) is 0 Å². The lowest BCUT2D eigenvalue weighted by Crippen LogP contribution is -2.25. The average Bonchev–Trinajstić information content (AvgIpc) is 2.32. The van der Waals surface area contributed by atoms with E-state index in [2.05, 4.69) is 11.2 Å². The molecule has 0 radical (unpaired) electrons. The van der Waals surface area contributed by atoms with Crippen LogP contribution in [0.4, 0.5) is 10.1 Å². The van der Waals surface area contributed by atoms with E-state index in [1.807, 2.05) is 0 Å². The molecule has 0 atom stereocenters. The van der Waals surface area contributed by atoms with Crippen molar-refractivity contribution in [3.63, 3.8) is 0 Å². The molecule has 1 amide bonds. The highest BCUT2D eigenvalue weighted by molar-refractivity contribution is 7.99. The average molecular weight is 252 g/mol. The molecule has 0 heterocycles. The maximum atomic E-state index is 12.9. The number of nitrogens with one attached hydrogen (secondary N) is 1. The monoisotopic (exact) mass is 252 g/mol. The number of amides is 1. The fourth-order valence-corrected chi connectivity index (χ4v) is 1.66. The predicted octanol–water partition coefficient (Wildman–Crippen LogP) is 1.50. The number of hydrogen-bond acceptors (Lipinski definition) is 3. The molecule has 0 fully saturated rings. The van der Waals surface area contributed by atoms with Gasteiger partial charge in [0.2, 0.25) is 0 Å². The van der Waals surface area contributed by atoms with E-state index in [1.54, 1.807) is 11.8 Å². The molecule has 1 rings (SSSR count). The lowest BCUT2D eigenvalue weighted by molar-refractivity contribution is 0.0956. The van der Waals surface area contributed by atoms with Gasteiger partial charge >= 0.3 is 0 Å². The number of halogens is 1. The van der Waals surface area contributed by atoms with E-state index in [1.165, 1.54) is 18.2 Å². The molecule has 17 heavy (non-hydrogen) atoms. The Hall–Kier alpha value is -1.67. The molecule has 0 aromatic heterocycles.